The van der Waals surface area contributed by atoms with E-state index < -0.39 is 22.8 Å². The highest BCUT2D eigenvalue weighted by Crippen LogP contribution is 2.12. The number of nitrogens with one attached hydrogen (secondary N) is 3. The number of non-ortho nitro benzene ring substituents is 1. The Bertz CT molecular complexity index is 660. The Balaban J connectivity index is 2.62. The van der Waals surface area contributed by atoms with Gasteiger partial charge in [0.15, 0.2) is 0 Å². The summed E-state index contributed by atoms with van der Waals surface area (Å²) in [6, 6.07) is 4.50. The van der Waals surface area contributed by atoms with Crippen LogP contribution in [0.2, 0.25) is 0 Å². The molecule has 25 heavy (non-hydrogen) atoms. The zero-order valence-electron chi connectivity index (χ0n) is 14.4. The molecule has 0 aliphatic carbocycles. The number of benzene rings is 1. The highest BCUT2D eigenvalue weighted by molar-refractivity contribution is 5.97. The number of nitro groups is 1. The smallest absolute Gasteiger partial charge is 0.270 e. The summed E-state index contributed by atoms with van der Waals surface area (Å²) in [5.41, 5.74) is -0.138. The number of nitro benzene ring substituents is 1. The van der Waals surface area contributed by atoms with Crippen LogP contribution in [0.5, 0.6) is 0 Å². The van der Waals surface area contributed by atoms with E-state index in [1.165, 1.54) is 25.2 Å². The third-order valence-electron chi connectivity index (χ3n) is 3.33. The molecular formula is C16H22N4O5. The van der Waals surface area contributed by atoms with Crippen LogP contribution in [0.3, 0.4) is 0 Å². The first-order valence-electron chi connectivity index (χ1n) is 7.78. The molecule has 9 nitrogen and oxygen atoms in total. The van der Waals surface area contributed by atoms with Crippen molar-refractivity contribution < 1.29 is 19.3 Å². The predicted octanol–water partition coefficient (Wildman–Crippen LogP) is 0.602. The third kappa shape index (κ3) is 6.58. The normalized spacial score (nSPS) is 11.5. The summed E-state index contributed by atoms with van der Waals surface area (Å²) in [4.78, 5) is 45.8. The third-order valence-corrected chi connectivity index (χ3v) is 3.33. The lowest BCUT2D eigenvalue weighted by molar-refractivity contribution is -0.384. The lowest BCUT2D eigenvalue weighted by atomic mass is 10.0. The second-order valence-electron chi connectivity index (χ2n) is 5.85. The van der Waals surface area contributed by atoms with Crippen LogP contribution in [0.15, 0.2) is 24.3 Å². The molecular weight excluding hydrogens is 328 g/mol. The molecule has 0 radical (unpaired) electrons. The lowest BCUT2D eigenvalue weighted by Gasteiger charge is -2.19. The van der Waals surface area contributed by atoms with Gasteiger partial charge in [-0.25, -0.2) is 0 Å². The van der Waals surface area contributed by atoms with Crippen molar-refractivity contribution in [1.29, 1.82) is 0 Å². The highest BCUT2D eigenvalue weighted by atomic mass is 16.6. The average molecular weight is 350 g/mol. The van der Waals surface area contributed by atoms with Crippen LogP contribution >= 0.6 is 0 Å². The van der Waals surface area contributed by atoms with Gasteiger partial charge in [0.1, 0.15) is 6.04 Å². The molecule has 0 spiro atoms. The van der Waals surface area contributed by atoms with E-state index in [1.54, 1.807) is 0 Å². The first-order valence-corrected chi connectivity index (χ1v) is 7.78. The van der Waals surface area contributed by atoms with Gasteiger partial charge in [0.2, 0.25) is 11.8 Å². The average Bonchev–Trinajstić information content (AvgIpc) is 2.58. The maximum Gasteiger partial charge on any atom is 0.270 e. The van der Waals surface area contributed by atoms with Gasteiger partial charge in [0.25, 0.3) is 11.6 Å². The van der Waals surface area contributed by atoms with Crippen LogP contribution in [-0.2, 0) is 9.59 Å². The first-order chi connectivity index (χ1) is 11.7. The van der Waals surface area contributed by atoms with E-state index in [0.29, 0.717) is 6.42 Å². The second-order valence-corrected chi connectivity index (χ2v) is 5.85. The molecule has 1 rings (SSSR count). The van der Waals surface area contributed by atoms with E-state index >= 15 is 0 Å². The molecule has 0 bridgehead atoms. The summed E-state index contributed by atoms with van der Waals surface area (Å²) in [7, 11) is 1.48. The number of amides is 3. The lowest BCUT2D eigenvalue weighted by Crippen LogP contribution is -2.49. The van der Waals surface area contributed by atoms with Gasteiger partial charge in [-0.3, -0.25) is 24.5 Å². The second kappa shape index (κ2) is 9.36. The minimum atomic E-state index is -0.688. The van der Waals surface area contributed by atoms with E-state index in [-0.39, 0.29) is 29.6 Å². The molecule has 1 aromatic rings. The summed E-state index contributed by atoms with van der Waals surface area (Å²) in [6.45, 7) is 3.51. The van der Waals surface area contributed by atoms with Gasteiger partial charge in [0.05, 0.1) is 11.5 Å². The number of rotatable bonds is 8. The minimum absolute atomic E-state index is 0.0760. The van der Waals surface area contributed by atoms with Gasteiger partial charge < -0.3 is 16.0 Å². The zero-order valence-corrected chi connectivity index (χ0v) is 14.4. The maximum atomic E-state index is 12.0. The van der Waals surface area contributed by atoms with Gasteiger partial charge in [-0.1, -0.05) is 19.9 Å². The molecule has 0 aliphatic heterocycles. The molecule has 0 saturated carbocycles. The van der Waals surface area contributed by atoms with Crippen LogP contribution < -0.4 is 16.0 Å². The summed E-state index contributed by atoms with van der Waals surface area (Å²) in [5.74, 6) is -1.25. The fourth-order valence-corrected chi connectivity index (χ4v) is 2.15. The Morgan fingerprint density at radius 2 is 1.92 bits per heavy atom. The van der Waals surface area contributed by atoms with Crippen LogP contribution in [0, 0.1) is 16.0 Å². The first kappa shape index (κ1) is 20.1. The minimum Gasteiger partial charge on any atom is -0.357 e. The van der Waals surface area contributed by atoms with Crippen molar-refractivity contribution in [2.24, 2.45) is 5.92 Å². The SMILES string of the molecule is CNC(=O)C(CC(C)C)NC(=O)CNC(=O)c1cccc([N+](=O)[O-])c1. The van der Waals surface area contributed by atoms with Crippen LogP contribution in [0.1, 0.15) is 30.6 Å². The van der Waals surface area contributed by atoms with Crippen LogP contribution in [0.25, 0.3) is 0 Å². The number of hydrogen-bond donors (Lipinski definition) is 3. The van der Waals surface area contributed by atoms with Crippen molar-refractivity contribution in [2.45, 2.75) is 26.3 Å². The summed E-state index contributed by atoms with van der Waals surface area (Å²) >= 11 is 0. The van der Waals surface area contributed by atoms with Gasteiger partial charge in [-0.2, -0.15) is 0 Å². The monoisotopic (exact) mass is 350 g/mol. The Hall–Kier alpha value is -2.97. The van der Waals surface area contributed by atoms with Crippen molar-refractivity contribution in [3.63, 3.8) is 0 Å². The molecule has 1 aromatic carbocycles. The quantitative estimate of drug-likeness (QED) is 0.467. The molecule has 136 valence electrons. The van der Waals surface area contributed by atoms with E-state index in [1.807, 2.05) is 13.8 Å². The topological polar surface area (TPSA) is 130 Å². The van der Waals surface area contributed by atoms with Crippen molar-refractivity contribution >= 4 is 23.4 Å². The Kier molecular flexibility index (Phi) is 7.51. The van der Waals surface area contributed by atoms with Crippen LogP contribution in [0.4, 0.5) is 5.69 Å². The Labute approximate surface area is 145 Å². The number of carbonyl (C=O) groups is 3. The Morgan fingerprint density at radius 1 is 1.24 bits per heavy atom. The van der Waals surface area contributed by atoms with Crippen molar-refractivity contribution in [3.05, 3.63) is 39.9 Å². The maximum absolute atomic E-state index is 12.0. The van der Waals surface area contributed by atoms with Gasteiger partial charge in [-0.15, -0.1) is 0 Å². The summed E-state index contributed by atoms with van der Waals surface area (Å²) < 4.78 is 0. The molecule has 1 atom stereocenters. The van der Waals surface area contributed by atoms with Crippen molar-refractivity contribution in [3.8, 4) is 0 Å². The largest absolute Gasteiger partial charge is 0.357 e. The van der Waals surface area contributed by atoms with Gasteiger partial charge >= 0.3 is 0 Å². The van der Waals surface area contributed by atoms with Crippen molar-refractivity contribution in [2.75, 3.05) is 13.6 Å². The molecule has 0 heterocycles. The van der Waals surface area contributed by atoms with E-state index in [9.17, 15) is 24.5 Å². The van der Waals surface area contributed by atoms with E-state index in [2.05, 4.69) is 16.0 Å². The molecule has 3 N–H and O–H groups in total. The molecule has 9 heteroatoms. The number of carbonyl (C=O) groups excluding carboxylic acids is 3. The molecule has 0 aromatic heterocycles. The van der Waals surface area contributed by atoms with Crippen molar-refractivity contribution in [1.82, 2.24) is 16.0 Å². The molecule has 0 fully saturated rings. The highest BCUT2D eigenvalue weighted by Gasteiger charge is 2.21. The fraction of sp³-hybridized carbons (Fsp3) is 0.438. The summed E-state index contributed by atoms with van der Waals surface area (Å²) in [6.07, 6.45) is 0.463. The summed E-state index contributed by atoms with van der Waals surface area (Å²) in [5, 5.41) is 18.1. The molecule has 0 aliphatic rings. The fourth-order valence-electron chi connectivity index (χ4n) is 2.15. The Morgan fingerprint density at radius 3 is 2.48 bits per heavy atom. The molecule has 1 unspecified atom stereocenters. The standard InChI is InChI=1S/C16H22N4O5/c1-10(2)7-13(16(23)17-3)19-14(21)9-18-15(22)11-5-4-6-12(8-11)20(24)25/h4-6,8,10,13H,7,9H2,1-3H3,(H,17,23)(H,18,22)(H,19,21). The van der Waals surface area contributed by atoms with Gasteiger partial charge in [-0.05, 0) is 18.4 Å². The van der Waals surface area contributed by atoms with E-state index in [4.69, 9.17) is 0 Å². The van der Waals surface area contributed by atoms with E-state index in [0.717, 1.165) is 6.07 Å². The predicted molar refractivity (Wildman–Crippen MR) is 90.9 cm³/mol. The van der Waals surface area contributed by atoms with Crippen LogP contribution in [-0.4, -0.2) is 42.3 Å². The molecule has 3 amide bonds. The number of hydrogen-bond acceptors (Lipinski definition) is 5. The van der Waals surface area contributed by atoms with Gasteiger partial charge in [0, 0.05) is 24.7 Å². The molecule has 0 saturated heterocycles. The zero-order chi connectivity index (χ0) is 19.0. The number of nitrogens with zero attached hydrogens (tertiary/aromatic N) is 1. The number of likely N-dealkylation sites (N-methyl/N-ethyl adjacent to an activating group) is 1.